The summed E-state index contributed by atoms with van der Waals surface area (Å²) < 4.78 is 15.2. The van der Waals surface area contributed by atoms with Gasteiger partial charge in [0.25, 0.3) is 5.91 Å². The van der Waals surface area contributed by atoms with E-state index in [9.17, 15) is 9.18 Å². The van der Waals surface area contributed by atoms with Gasteiger partial charge >= 0.3 is 0 Å². The minimum absolute atomic E-state index is 0. The average Bonchev–Trinajstić information content (AvgIpc) is 3.07. The Morgan fingerprint density at radius 3 is 2.62 bits per heavy atom. The molecular formula is C20H22Cl2FN5O. The van der Waals surface area contributed by atoms with Crippen molar-refractivity contribution in [3.8, 4) is 0 Å². The number of anilines is 1. The second kappa shape index (κ2) is 8.97. The number of carbonyl (C=O) groups is 1. The Morgan fingerprint density at radius 2 is 1.90 bits per heavy atom. The first-order chi connectivity index (χ1) is 13.5. The highest BCUT2D eigenvalue weighted by Crippen LogP contribution is 2.26. The largest absolute Gasteiger partial charge is 0.367 e. The third-order valence-electron chi connectivity index (χ3n) is 5.25. The van der Waals surface area contributed by atoms with Gasteiger partial charge in [-0.1, -0.05) is 11.6 Å². The minimum atomic E-state index is -0.526. The molecule has 1 amide bonds. The number of aromatic nitrogens is 3. The number of aryl methyl sites for hydroxylation is 1. The lowest BCUT2D eigenvalue weighted by molar-refractivity contribution is 0.0926. The second-order valence-corrected chi connectivity index (χ2v) is 7.59. The summed E-state index contributed by atoms with van der Waals surface area (Å²) in [6.07, 6.45) is 7.12. The van der Waals surface area contributed by atoms with Crippen molar-refractivity contribution in [2.45, 2.75) is 37.8 Å². The van der Waals surface area contributed by atoms with Crippen molar-refractivity contribution in [2.75, 3.05) is 5.32 Å². The summed E-state index contributed by atoms with van der Waals surface area (Å²) in [5.74, 6) is 0.0983. The third-order valence-corrected chi connectivity index (χ3v) is 5.54. The Kier molecular flexibility index (Phi) is 6.59. The maximum absolute atomic E-state index is 13.3. The lowest BCUT2D eigenvalue weighted by atomic mass is 9.91. The molecule has 0 spiro atoms. The van der Waals surface area contributed by atoms with Gasteiger partial charge < -0.3 is 15.2 Å². The first kappa shape index (κ1) is 21.3. The summed E-state index contributed by atoms with van der Waals surface area (Å²) in [4.78, 5) is 21.1. The molecule has 6 nitrogen and oxygen atoms in total. The van der Waals surface area contributed by atoms with Gasteiger partial charge in [-0.25, -0.2) is 14.4 Å². The molecule has 2 aromatic heterocycles. The fraction of sp³-hybridized carbons (Fsp3) is 0.350. The van der Waals surface area contributed by atoms with Crippen LogP contribution in [0.3, 0.4) is 0 Å². The number of benzene rings is 1. The van der Waals surface area contributed by atoms with Crippen LogP contribution in [-0.2, 0) is 7.05 Å². The lowest BCUT2D eigenvalue weighted by Gasteiger charge is -2.30. The van der Waals surface area contributed by atoms with Crippen LogP contribution in [-0.4, -0.2) is 32.5 Å². The zero-order valence-electron chi connectivity index (χ0n) is 15.9. The Balaban J connectivity index is 0.00000240. The van der Waals surface area contributed by atoms with Crippen molar-refractivity contribution in [1.82, 2.24) is 19.9 Å². The van der Waals surface area contributed by atoms with Crippen molar-refractivity contribution in [2.24, 2.45) is 7.05 Å². The molecule has 0 aliphatic heterocycles. The molecule has 0 unspecified atom stereocenters. The maximum Gasteiger partial charge on any atom is 0.251 e. The number of rotatable bonds is 4. The van der Waals surface area contributed by atoms with Crippen molar-refractivity contribution in [3.63, 3.8) is 0 Å². The van der Waals surface area contributed by atoms with Crippen LogP contribution in [0.5, 0.6) is 0 Å². The smallest absolute Gasteiger partial charge is 0.251 e. The van der Waals surface area contributed by atoms with E-state index in [0.717, 1.165) is 42.5 Å². The van der Waals surface area contributed by atoms with E-state index in [0.29, 0.717) is 11.6 Å². The van der Waals surface area contributed by atoms with Crippen molar-refractivity contribution < 1.29 is 9.18 Å². The van der Waals surface area contributed by atoms with Gasteiger partial charge in [-0.15, -0.1) is 12.4 Å². The van der Waals surface area contributed by atoms with Gasteiger partial charge in [0.2, 0.25) is 0 Å². The molecule has 1 aromatic carbocycles. The van der Waals surface area contributed by atoms with Crippen LogP contribution in [0.4, 0.5) is 10.2 Å². The Hall–Kier alpha value is -2.38. The molecule has 1 aliphatic rings. The molecule has 0 bridgehead atoms. The maximum atomic E-state index is 13.3. The summed E-state index contributed by atoms with van der Waals surface area (Å²) in [6.45, 7) is 0. The molecular weight excluding hydrogens is 416 g/mol. The lowest BCUT2D eigenvalue weighted by Crippen LogP contribution is -2.40. The number of nitrogens with one attached hydrogen (secondary N) is 2. The van der Waals surface area contributed by atoms with E-state index >= 15 is 0 Å². The predicted octanol–water partition coefficient (Wildman–Crippen LogP) is 4.34. The van der Waals surface area contributed by atoms with Crippen LogP contribution in [0.25, 0.3) is 11.0 Å². The van der Waals surface area contributed by atoms with Crippen LogP contribution in [0, 0.1) is 5.82 Å². The van der Waals surface area contributed by atoms with E-state index in [1.165, 1.54) is 18.2 Å². The van der Waals surface area contributed by atoms with Crippen LogP contribution in [0.2, 0.25) is 5.02 Å². The SMILES string of the molecule is Cl.Cn1ccc2c(NC3CCC(NC(=O)c4ccc(F)c(Cl)c4)CC3)ncnc21. The number of carbonyl (C=O) groups excluding carboxylic acids is 1. The van der Waals surface area contributed by atoms with Gasteiger partial charge in [0.1, 0.15) is 23.6 Å². The topological polar surface area (TPSA) is 71.8 Å². The van der Waals surface area contributed by atoms with Gasteiger partial charge in [-0.3, -0.25) is 4.79 Å². The fourth-order valence-corrected chi connectivity index (χ4v) is 3.85. The highest BCUT2D eigenvalue weighted by molar-refractivity contribution is 6.31. The molecule has 2 N–H and O–H groups in total. The van der Waals surface area contributed by atoms with Gasteiger partial charge in [0.15, 0.2) is 0 Å². The highest BCUT2D eigenvalue weighted by Gasteiger charge is 2.24. The van der Waals surface area contributed by atoms with E-state index in [1.54, 1.807) is 6.33 Å². The second-order valence-electron chi connectivity index (χ2n) is 7.18. The van der Waals surface area contributed by atoms with Gasteiger partial charge in [0, 0.05) is 30.9 Å². The third kappa shape index (κ3) is 4.62. The minimum Gasteiger partial charge on any atom is -0.367 e. The summed E-state index contributed by atoms with van der Waals surface area (Å²) in [5, 5.41) is 7.51. The molecule has 1 aliphatic carbocycles. The van der Waals surface area contributed by atoms with Crippen LogP contribution in [0.15, 0.2) is 36.8 Å². The van der Waals surface area contributed by atoms with E-state index in [2.05, 4.69) is 20.6 Å². The molecule has 3 aromatic rings. The molecule has 0 saturated heterocycles. The van der Waals surface area contributed by atoms with E-state index in [-0.39, 0.29) is 29.4 Å². The quantitative estimate of drug-likeness (QED) is 0.636. The van der Waals surface area contributed by atoms with E-state index < -0.39 is 5.82 Å². The number of halogens is 3. The summed E-state index contributed by atoms with van der Waals surface area (Å²) >= 11 is 5.76. The van der Waals surface area contributed by atoms with Crippen molar-refractivity contribution in [1.29, 1.82) is 0 Å². The molecule has 9 heteroatoms. The predicted molar refractivity (Wildman–Crippen MR) is 114 cm³/mol. The number of hydrogen-bond donors (Lipinski definition) is 2. The molecule has 0 atom stereocenters. The first-order valence-corrected chi connectivity index (χ1v) is 9.67. The Bertz CT molecular complexity index is 1020. The molecule has 154 valence electrons. The normalized spacial score (nSPS) is 18.9. The highest BCUT2D eigenvalue weighted by atomic mass is 35.5. The molecule has 1 saturated carbocycles. The molecule has 0 radical (unpaired) electrons. The standard InChI is InChI=1S/C20H21ClFN5O.ClH/c1-27-9-8-15-18(23-11-24-19(15)27)25-13-3-5-14(6-4-13)26-20(28)12-2-7-17(22)16(21)10-12;/h2,7-11,13-14H,3-6H2,1H3,(H,26,28)(H,23,24,25);1H. The summed E-state index contributed by atoms with van der Waals surface area (Å²) in [7, 11) is 1.96. The van der Waals surface area contributed by atoms with Crippen LogP contribution < -0.4 is 10.6 Å². The van der Waals surface area contributed by atoms with E-state index in [1.807, 2.05) is 23.9 Å². The molecule has 2 heterocycles. The van der Waals surface area contributed by atoms with Gasteiger partial charge in [0.05, 0.1) is 10.4 Å². The van der Waals surface area contributed by atoms with Crippen molar-refractivity contribution >= 4 is 46.8 Å². The zero-order valence-corrected chi connectivity index (χ0v) is 17.4. The number of amides is 1. The number of hydrogen-bond acceptors (Lipinski definition) is 4. The number of nitrogens with zero attached hydrogens (tertiary/aromatic N) is 3. The van der Waals surface area contributed by atoms with Gasteiger partial charge in [-0.05, 0) is 49.9 Å². The van der Waals surface area contributed by atoms with E-state index in [4.69, 9.17) is 11.6 Å². The zero-order chi connectivity index (χ0) is 19.7. The summed E-state index contributed by atoms with van der Waals surface area (Å²) in [6, 6.07) is 6.42. The fourth-order valence-electron chi connectivity index (χ4n) is 3.67. The monoisotopic (exact) mass is 437 g/mol. The molecule has 1 fully saturated rings. The summed E-state index contributed by atoms with van der Waals surface area (Å²) in [5.41, 5.74) is 1.27. The van der Waals surface area contributed by atoms with Gasteiger partial charge in [-0.2, -0.15) is 0 Å². The molecule has 29 heavy (non-hydrogen) atoms. The Labute approximate surface area is 179 Å². The average molecular weight is 438 g/mol. The first-order valence-electron chi connectivity index (χ1n) is 9.30. The van der Waals surface area contributed by atoms with Crippen LogP contribution in [0.1, 0.15) is 36.0 Å². The Morgan fingerprint density at radius 1 is 1.17 bits per heavy atom. The number of fused-ring (bicyclic) bond motifs is 1. The molecule has 4 rings (SSSR count). The van der Waals surface area contributed by atoms with Crippen molar-refractivity contribution in [3.05, 3.63) is 53.2 Å². The van der Waals surface area contributed by atoms with Crippen LogP contribution >= 0.6 is 24.0 Å².